The van der Waals surface area contributed by atoms with Crippen molar-refractivity contribution >= 4 is 33.2 Å². The molecule has 4 nitrogen and oxygen atoms in total. The number of pyridine rings is 1. The number of aromatic nitrogens is 1. The maximum Gasteiger partial charge on any atom is 0.350 e. The molecule has 0 bridgehead atoms. The first-order chi connectivity index (χ1) is 9.70. The van der Waals surface area contributed by atoms with Crippen molar-refractivity contribution in [3.8, 4) is 11.3 Å². The summed E-state index contributed by atoms with van der Waals surface area (Å²) in [6.07, 6.45) is 0. The third-order valence-corrected chi connectivity index (χ3v) is 4.15. The summed E-state index contributed by atoms with van der Waals surface area (Å²) in [5, 5.41) is 0. The first kappa shape index (κ1) is 12.6. The zero-order valence-corrected chi connectivity index (χ0v) is 11.6. The molecule has 0 radical (unpaired) electrons. The monoisotopic (exact) mass is 284 g/mol. The zero-order chi connectivity index (χ0) is 14.1. The van der Waals surface area contributed by atoms with Gasteiger partial charge in [0.2, 0.25) is 0 Å². The summed E-state index contributed by atoms with van der Waals surface area (Å²) in [5.41, 5.74) is 8.89. The highest BCUT2D eigenvalue weighted by Crippen LogP contribution is 2.34. The van der Waals surface area contributed by atoms with Crippen LogP contribution in [-0.4, -0.2) is 18.1 Å². The van der Waals surface area contributed by atoms with Gasteiger partial charge in [0.05, 0.1) is 23.2 Å². The lowest BCUT2D eigenvalue weighted by molar-refractivity contribution is 0.0607. The molecule has 0 saturated heterocycles. The van der Waals surface area contributed by atoms with E-state index in [1.54, 1.807) is 0 Å². The van der Waals surface area contributed by atoms with Crippen LogP contribution in [0, 0.1) is 0 Å². The summed E-state index contributed by atoms with van der Waals surface area (Å²) in [5.74, 6) is -0.424. The molecule has 0 saturated carbocycles. The van der Waals surface area contributed by atoms with E-state index < -0.39 is 5.97 Å². The molecule has 0 unspecified atom stereocenters. The number of fused-ring (bicyclic) bond motifs is 1. The smallest absolute Gasteiger partial charge is 0.350 e. The van der Waals surface area contributed by atoms with Gasteiger partial charge in [-0.3, -0.25) is 0 Å². The Morgan fingerprint density at radius 3 is 2.65 bits per heavy atom. The van der Waals surface area contributed by atoms with Crippen molar-refractivity contribution in [3.63, 3.8) is 0 Å². The minimum atomic E-state index is -0.424. The molecule has 5 heteroatoms. The minimum Gasteiger partial charge on any atom is -0.465 e. The molecule has 3 aromatic rings. The maximum absolute atomic E-state index is 11.6. The van der Waals surface area contributed by atoms with E-state index in [2.05, 4.69) is 4.98 Å². The highest BCUT2D eigenvalue weighted by atomic mass is 32.1. The van der Waals surface area contributed by atoms with E-state index in [0.29, 0.717) is 16.1 Å². The van der Waals surface area contributed by atoms with Crippen LogP contribution in [0.25, 0.3) is 21.5 Å². The molecule has 100 valence electrons. The Hall–Kier alpha value is -2.40. The third kappa shape index (κ3) is 2.02. The predicted molar refractivity (Wildman–Crippen MR) is 80.8 cm³/mol. The van der Waals surface area contributed by atoms with Gasteiger partial charge in [-0.05, 0) is 12.1 Å². The SMILES string of the molecule is COC(=O)c1sc2ccc(-c3ccccc3)nc2c1N. The van der Waals surface area contributed by atoms with Crippen LogP contribution in [0.3, 0.4) is 0 Å². The Kier molecular flexibility index (Phi) is 3.12. The number of ether oxygens (including phenoxy) is 1. The van der Waals surface area contributed by atoms with Gasteiger partial charge in [0, 0.05) is 5.56 Å². The molecule has 0 amide bonds. The number of esters is 1. The third-order valence-electron chi connectivity index (χ3n) is 3.01. The van der Waals surface area contributed by atoms with Gasteiger partial charge < -0.3 is 10.5 Å². The molecule has 0 spiro atoms. The maximum atomic E-state index is 11.6. The lowest BCUT2D eigenvalue weighted by Crippen LogP contribution is -2.01. The second kappa shape index (κ2) is 4.94. The normalized spacial score (nSPS) is 10.7. The zero-order valence-electron chi connectivity index (χ0n) is 10.8. The van der Waals surface area contributed by atoms with Gasteiger partial charge in [-0.25, -0.2) is 9.78 Å². The van der Waals surface area contributed by atoms with Crippen LogP contribution < -0.4 is 5.73 Å². The fourth-order valence-corrected chi connectivity index (χ4v) is 2.99. The van der Waals surface area contributed by atoms with E-state index in [-0.39, 0.29) is 0 Å². The van der Waals surface area contributed by atoms with E-state index >= 15 is 0 Å². The van der Waals surface area contributed by atoms with E-state index in [4.69, 9.17) is 10.5 Å². The fraction of sp³-hybridized carbons (Fsp3) is 0.0667. The summed E-state index contributed by atoms with van der Waals surface area (Å²) >= 11 is 1.30. The fourth-order valence-electron chi connectivity index (χ4n) is 2.01. The van der Waals surface area contributed by atoms with Gasteiger partial charge in [-0.15, -0.1) is 11.3 Å². The number of hydrogen-bond donors (Lipinski definition) is 1. The average molecular weight is 284 g/mol. The van der Waals surface area contributed by atoms with Crippen LogP contribution in [0.15, 0.2) is 42.5 Å². The lowest BCUT2D eigenvalue weighted by Gasteiger charge is -2.01. The second-order valence-electron chi connectivity index (χ2n) is 4.25. The standard InChI is InChI=1S/C15H12N2O2S/c1-19-15(18)14-12(16)13-11(20-14)8-7-10(17-13)9-5-3-2-4-6-9/h2-8H,16H2,1H3. The lowest BCUT2D eigenvalue weighted by atomic mass is 10.1. The number of carbonyl (C=O) groups is 1. The van der Waals surface area contributed by atoms with Crippen LogP contribution in [0.4, 0.5) is 5.69 Å². The van der Waals surface area contributed by atoms with Crippen molar-refractivity contribution in [3.05, 3.63) is 47.3 Å². The Labute approximate surface area is 119 Å². The van der Waals surface area contributed by atoms with E-state index in [1.165, 1.54) is 18.4 Å². The van der Waals surface area contributed by atoms with Crippen LogP contribution in [-0.2, 0) is 4.74 Å². The predicted octanol–water partition coefficient (Wildman–Crippen LogP) is 3.33. The van der Waals surface area contributed by atoms with E-state index in [1.807, 2.05) is 42.5 Å². The average Bonchev–Trinajstić information content (AvgIpc) is 2.84. The number of hydrogen-bond acceptors (Lipinski definition) is 5. The van der Waals surface area contributed by atoms with Gasteiger partial charge in [0.15, 0.2) is 0 Å². The molecule has 3 rings (SSSR count). The molecule has 0 aliphatic carbocycles. The Balaban J connectivity index is 2.17. The van der Waals surface area contributed by atoms with Crippen LogP contribution >= 0.6 is 11.3 Å². The Bertz CT molecular complexity index is 781. The van der Waals surface area contributed by atoms with Crippen molar-refractivity contribution in [2.45, 2.75) is 0 Å². The second-order valence-corrected chi connectivity index (χ2v) is 5.30. The quantitative estimate of drug-likeness (QED) is 0.733. The van der Waals surface area contributed by atoms with Crippen molar-refractivity contribution in [1.29, 1.82) is 0 Å². The number of nitrogens with zero attached hydrogens (tertiary/aromatic N) is 1. The number of benzene rings is 1. The molecule has 0 fully saturated rings. The van der Waals surface area contributed by atoms with E-state index in [9.17, 15) is 4.79 Å². The first-order valence-electron chi connectivity index (χ1n) is 6.03. The molecule has 0 aliphatic rings. The number of anilines is 1. The summed E-state index contributed by atoms with van der Waals surface area (Å²) in [7, 11) is 1.34. The number of rotatable bonds is 2. The van der Waals surface area contributed by atoms with Crippen molar-refractivity contribution in [2.24, 2.45) is 0 Å². The molecule has 0 atom stereocenters. The Morgan fingerprint density at radius 1 is 1.20 bits per heavy atom. The number of thiophene rings is 1. The number of nitrogen functional groups attached to an aromatic ring is 1. The van der Waals surface area contributed by atoms with Crippen LogP contribution in [0.1, 0.15) is 9.67 Å². The highest BCUT2D eigenvalue weighted by molar-refractivity contribution is 7.21. The van der Waals surface area contributed by atoms with Crippen molar-refractivity contribution < 1.29 is 9.53 Å². The van der Waals surface area contributed by atoms with Gasteiger partial charge in [0.25, 0.3) is 0 Å². The topological polar surface area (TPSA) is 65.2 Å². The first-order valence-corrected chi connectivity index (χ1v) is 6.85. The minimum absolute atomic E-state index is 0.384. The molecular weight excluding hydrogens is 272 g/mol. The summed E-state index contributed by atoms with van der Waals surface area (Å²) in [6.45, 7) is 0. The molecule has 2 aromatic heterocycles. The number of methoxy groups -OCH3 is 1. The number of nitrogens with two attached hydrogens (primary N) is 1. The highest BCUT2D eigenvalue weighted by Gasteiger charge is 2.18. The van der Waals surface area contributed by atoms with Crippen LogP contribution in [0.5, 0.6) is 0 Å². The van der Waals surface area contributed by atoms with Gasteiger partial charge in [0.1, 0.15) is 10.4 Å². The molecule has 2 heterocycles. The van der Waals surface area contributed by atoms with Gasteiger partial charge >= 0.3 is 5.97 Å². The van der Waals surface area contributed by atoms with Gasteiger partial charge in [-0.1, -0.05) is 30.3 Å². The number of carbonyl (C=O) groups excluding carboxylic acids is 1. The van der Waals surface area contributed by atoms with Crippen molar-refractivity contribution in [2.75, 3.05) is 12.8 Å². The van der Waals surface area contributed by atoms with E-state index in [0.717, 1.165) is 16.0 Å². The molecule has 0 aliphatic heterocycles. The van der Waals surface area contributed by atoms with Crippen LogP contribution in [0.2, 0.25) is 0 Å². The Morgan fingerprint density at radius 2 is 1.95 bits per heavy atom. The molecule has 1 aromatic carbocycles. The molecule has 20 heavy (non-hydrogen) atoms. The summed E-state index contributed by atoms with van der Waals surface area (Å²) < 4.78 is 5.60. The summed E-state index contributed by atoms with van der Waals surface area (Å²) in [6, 6.07) is 13.7. The largest absolute Gasteiger partial charge is 0.465 e. The van der Waals surface area contributed by atoms with Crippen molar-refractivity contribution in [1.82, 2.24) is 4.98 Å². The summed E-state index contributed by atoms with van der Waals surface area (Å²) in [4.78, 5) is 16.6. The molecular formula is C15H12N2O2S. The molecule has 2 N–H and O–H groups in total. The van der Waals surface area contributed by atoms with Gasteiger partial charge in [-0.2, -0.15) is 0 Å².